The molecular formula is C45H38O18. The van der Waals surface area contributed by atoms with E-state index in [9.17, 15) is 76.6 Å². The van der Waals surface area contributed by atoms with Crippen LogP contribution in [0.4, 0.5) is 0 Å². The number of aromatic hydroxyl groups is 12. The lowest BCUT2D eigenvalue weighted by molar-refractivity contribution is 0.000237. The smallest absolute Gasteiger partial charge is 0.164 e. The number of aliphatic hydroxyl groups is 3. The summed E-state index contributed by atoms with van der Waals surface area (Å²) in [5.41, 5.74) is -0.999. The van der Waals surface area contributed by atoms with Gasteiger partial charge >= 0.3 is 0 Å². The minimum atomic E-state index is -1.85. The van der Waals surface area contributed by atoms with E-state index in [1.54, 1.807) is 0 Å². The summed E-state index contributed by atoms with van der Waals surface area (Å²) in [6.07, 6.45) is -9.76. The maximum atomic E-state index is 12.6. The number of aliphatic hydroxyl groups excluding tert-OH is 3. The van der Waals surface area contributed by atoms with Gasteiger partial charge < -0.3 is 90.8 Å². The fourth-order valence-electron chi connectivity index (χ4n) is 8.91. The van der Waals surface area contributed by atoms with Gasteiger partial charge in [0.05, 0.1) is 17.9 Å². The van der Waals surface area contributed by atoms with Crippen molar-refractivity contribution in [1.29, 1.82) is 0 Å². The number of phenolic OH excluding ortho intramolecular Hbond substituents is 12. The summed E-state index contributed by atoms with van der Waals surface area (Å²) in [6.45, 7) is 0. The van der Waals surface area contributed by atoms with Crippen LogP contribution in [0.3, 0.4) is 0 Å². The highest BCUT2D eigenvalue weighted by molar-refractivity contribution is 5.70. The molecule has 0 aromatic heterocycles. The summed E-state index contributed by atoms with van der Waals surface area (Å²) in [5.74, 6) is -11.4. The molecule has 18 heteroatoms. The number of hydrogen-bond acceptors (Lipinski definition) is 18. The lowest BCUT2D eigenvalue weighted by Crippen LogP contribution is -2.37. The number of fused-ring (bicyclic) bond motifs is 3. The van der Waals surface area contributed by atoms with Gasteiger partial charge in [0.2, 0.25) is 0 Å². The Morgan fingerprint density at radius 1 is 0.397 bits per heavy atom. The van der Waals surface area contributed by atoms with Crippen molar-refractivity contribution in [2.24, 2.45) is 0 Å². The summed E-state index contributed by atoms with van der Waals surface area (Å²) in [7, 11) is 0. The number of rotatable bonds is 5. The van der Waals surface area contributed by atoms with Crippen molar-refractivity contribution in [3.63, 3.8) is 0 Å². The first-order valence-electron chi connectivity index (χ1n) is 19.3. The molecule has 326 valence electrons. The number of ether oxygens (including phenoxy) is 3. The zero-order valence-corrected chi connectivity index (χ0v) is 32.3. The molecule has 63 heavy (non-hydrogen) atoms. The maximum absolute atomic E-state index is 12.6. The molecule has 3 aliphatic rings. The molecule has 18 nitrogen and oxygen atoms in total. The monoisotopic (exact) mass is 866 g/mol. The highest BCUT2D eigenvalue weighted by atomic mass is 16.5. The van der Waals surface area contributed by atoms with Gasteiger partial charge in [-0.15, -0.1) is 0 Å². The summed E-state index contributed by atoms with van der Waals surface area (Å²) in [5, 5.41) is 166. The van der Waals surface area contributed by atoms with Gasteiger partial charge in [0, 0.05) is 52.4 Å². The first kappa shape index (κ1) is 40.6. The minimum Gasteiger partial charge on any atom is -0.508 e. The standard InChI is InChI=1S/C45H38O18/c46-18-10-27(53)34-31(11-18)61-44(17-3-6-23(49)26(52)9-17)41(60)37(34)35-28(54)14-32-36(39(35)58)33(40(59)43(62-32)16-2-5-22(48)25(51)8-16)19-12-29(55)38(57)20-13-30(56)42(63-45(19)20)15-1-4-21(47)24(50)7-15/h1-12,14,30,33,37,40-44,46-60H,13H2/t30-,33-,37+,40+,41+,42+,43+,44+/m0/s1. The third kappa shape index (κ3) is 6.46. The lowest BCUT2D eigenvalue weighted by atomic mass is 9.74. The molecule has 0 spiro atoms. The topological polar surface area (TPSA) is 331 Å². The van der Waals surface area contributed by atoms with Gasteiger partial charge in [0.1, 0.15) is 58.6 Å². The molecule has 0 saturated heterocycles. The summed E-state index contributed by atoms with van der Waals surface area (Å²) in [4.78, 5) is 0. The van der Waals surface area contributed by atoms with Crippen LogP contribution in [-0.2, 0) is 6.42 Å². The Kier molecular flexibility index (Phi) is 9.46. The molecule has 0 bridgehead atoms. The molecule has 3 heterocycles. The normalized spacial score (nSPS) is 23.6. The van der Waals surface area contributed by atoms with E-state index < -0.39 is 123 Å². The van der Waals surface area contributed by atoms with Gasteiger partial charge in [-0.3, -0.25) is 0 Å². The molecule has 6 aromatic carbocycles. The van der Waals surface area contributed by atoms with E-state index in [-0.39, 0.29) is 62.6 Å². The van der Waals surface area contributed by atoms with Crippen LogP contribution in [0, 0.1) is 0 Å². The minimum absolute atomic E-state index is 0.0701. The summed E-state index contributed by atoms with van der Waals surface area (Å²) in [6, 6.07) is 14.8. The Balaban J connectivity index is 1.28. The molecule has 0 fully saturated rings. The van der Waals surface area contributed by atoms with Gasteiger partial charge in [-0.1, -0.05) is 18.2 Å². The highest BCUT2D eigenvalue weighted by Crippen LogP contribution is 2.61. The van der Waals surface area contributed by atoms with Crippen LogP contribution in [0.15, 0.2) is 78.9 Å². The maximum Gasteiger partial charge on any atom is 0.164 e. The van der Waals surface area contributed by atoms with Crippen LogP contribution in [0.1, 0.15) is 74.7 Å². The van der Waals surface area contributed by atoms with Crippen LogP contribution in [0.5, 0.6) is 86.2 Å². The van der Waals surface area contributed by atoms with Crippen molar-refractivity contribution in [1.82, 2.24) is 0 Å². The molecule has 0 radical (unpaired) electrons. The van der Waals surface area contributed by atoms with Crippen molar-refractivity contribution >= 4 is 0 Å². The van der Waals surface area contributed by atoms with E-state index in [0.717, 1.165) is 60.7 Å². The van der Waals surface area contributed by atoms with Gasteiger partial charge in [0.15, 0.2) is 58.2 Å². The van der Waals surface area contributed by atoms with E-state index >= 15 is 0 Å². The quantitative estimate of drug-likeness (QED) is 0.106. The van der Waals surface area contributed by atoms with Crippen molar-refractivity contribution in [3.8, 4) is 86.2 Å². The zero-order valence-electron chi connectivity index (χ0n) is 32.3. The first-order chi connectivity index (χ1) is 29.9. The second-order valence-corrected chi connectivity index (χ2v) is 15.7. The van der Waals surface area contributed by atoms with Crippen molar-refractivity contribution in [2.45, 2.75) is 54.9 Å². The average molecular weight is 867 g/mol. The fraction of sp³-hybridized carbons (Fsp3) is 0.200. The molecule has 0 unspecified atom stereocenters. The third-order valence-corrected chi connectivity index (χ3v) is 11.9. The molecule has 8 atom stereocenters. The zero-order chi connectivity index (χ0) is 44.9. The van der Waals surface area contributed by atoms with Crippen LogP contribution < -0.4 is 14.2 Å². The lowest BCUT2D eigenvalue weighted by Gasteiger charge is -2.42. The highest BCUT2D eigenvalue weighted by Gasteiger charge is 2.49. The van der Waals surface area contributed by atoms with Crippen LogP contribution in [-0.4, -0.2) is 94.9 Å². The molecule has 0 aliphatic carbocycles. The number of hydrogen-bond donors (Lipinski definition) is 15. The fourth-order valence-corrected chi connectivity index (χ4v) is 8.91. The molecular weight excluding hydrogens is 828 g/mol. The second kappa shape index (κ2) is 14.7. The van der Waals surface area contributed by atoms with E-state index in [4.69, 9.17) is 14.2 Å². The van der Waals surface area contributed by atoms with Gasteiger partial charge in [-0.2, -0.15) is 0 Å². The van der Waals surface area contributed by atoms with E-state index in [1.807, 2.05) is 0 Å². The van der Waals surface area contributed by atoms with Gasteiger partial charge in [0.25, 0.3) is 0 Å². The van der Waals surface area contributed by atoms with Crippen molar-refractivity contribution in [3.05, 3.63) is 123 Å². The van der Waals surface area contributed by atoms with Crippen LogP contribution in [0.25, 0.3) is 0 Å². The molecule has 9 rings (SSSR count). The van der Waals surface area contributed by atoms with Crippen molar-refractivity contribution < 1.29 is 90.8 Å². The Morgan fingerprint density at radius 3 is 1.43 bits per heavy atom. The molecule has 0 amide bonds. The predicted molar refractivity (Wildman–Crippen MR) is 214 cm³/mol. The predicted octanol–water partition coefficient (Wildman–Crippen LogP) is 4.44. The largest absolute Gasteiger partial charge is 0.508 e. The first-order valence-corrected chi connectivity index (χ1v) is 19.3. The Labute approximate surface area is 354 Å². The second-order valence-electron chi connectivity index (χ2n) is 15.7. The molecule has 15 N–H and O–H groups in total. The molecule has 6 aromatic rings. The SMILES string of the molecule is Oc1cc(O)c2c(c1)O[C@H](c1ccc(O)c(O)c1)[C@H](O)[C@H]2c1c(O)cc2c(c1O)[C@H](c1cc(O)c(O)c3c1O[C@H](c1ccc(O)c(O)c1)[C@@H](O)C3)[C@@H](O)[C@@H](c1ccc(O)c(O)c1)O2. The van der Waals surface area contributed by atoms with Gasteiger partial charge in [-0.25, -0.2) is 0 Å². The van der Waals surface area contributed by atoms with Crippen molar-refractivity contribution in [2.75, 3.05) is 0 Å². The summed E-state index contributed by atoms with van der Waals surface area (Å²) < 4.78 is 18.6. The average Bonchev–Trinajstić information content (AvgIpc) is 3.23. The van der Waals surface area contributed by atoms with Crippen LogP contribution >= 0.6 is 0 Å². The van der Waals surface area contributed by atoms with E-state index in [0.29, 0.717) is 0 Å². The Bertz CT molecular complexity index is 2840. The third-order valence-electron chi connectivity index (χ3n) is 11.9. The van der Waals surface area contributed by atoms with Crippen LogP contribution in [0.2, 0.25) is 0 Å². The van der Waals surface area contributed by atoms with E-state index in [1.165, 1.54) is 18.2 Å². The summed E-state index contributed by atoms with van der Waals surface area (Å²) >= 11 is 0. The number of benzene rings is 6. The molecule has 0 saturated carbocycles. The molecule has 3 aliphatic heterocycles. The Hall–Kier alpha value is -7.80. The van der Waals surface area contributed by atoms with Gasteiger partial charge in [-0.05, 0) is 59.2 Å². The Morgan fingerprint density at radius 2 is 0.889 bits per heavy atom. The van der Waals surface area contributed by atoms with E-state index in [2.05, 4.69) is 0 Å². The number of phenols is 12.